The van der Waals surface area contributed by atoms with Gasteiger partial charge >= 0.3 is 0 Å². The molecular weight excluding hydrogens is 267 g/mol. The van der Waals surface area contributed by atoms with E-state index < -0.39 is 0 Å². The van der Waals surface area contributed by atoms with Gasteiger partial charge in [0.25, 0.3) is 0 Å². The molecule has 0 aromatic carbocycles. The first-order chi connectivity index (χ1) is 5.68. The number of alkyl halides is 1. The Morgan fingerprint density at radius 2 is 2.17 bits per heavy atom. The van der Waals surface area contributed by atoms with E-state index >= 15 is 0 Å². The second kappa shape index (κ2) is 3.10. The molecule has 2 atom stereocenters. The van der Waals surface area contributed by atoms with Crippen molar-refractivity contribution >= 4 is 22.6 Å². The van der Waals surface area contributed by atoms with E-state index in [4.69, 9.17) is 9.47 Å². The summed E-state index contributed by atoms with van der Waals surface area (Å²) in [5, 5.41) is 0. The molecule has 3 heteroatoms. The van der Waals surface area contributed by atoms with Gasteiger partial charge in [-0.2, -0.15) is 0 Å². The fourth-order valence-electron chi connectivity index (χ4n) is 2.08. The van der Waals surface area contributed by atoms with Crippen LogP contribution in [0.3, 0.4) is 0 Å². The van der Waals surface area contributed by atoms with E-state index in [0.29, 0.717) is 0 Å². The fraction of sp³-hybridized carbons (Fsp3) is 1.00. The summed E-state index contributed by atoms with van der Waals surface area (Å²) in [7, 11) is 0. The van der Waals surface area contributed by atoms with Crippen LogP contribution in [0.4, 0.5) is 0 Å². The molecular formula is C9H15IO2. The molecule has 2 fully saturated rings. The molecule has 2 aliphatic rings. The third-order valence-electron chi connectivity index (χ3n) is 2.92. The standard InChI is InChI=1S/C9H15IO2/c1-8(6-10)2-3-9(12-8)4-5-11-7-9/h2-7H2,1H3. The lowest BCUT2D eigenvalue weighted by Crippen LogP contribution is -2.35. The summed E-state index contributed by atoms with van der Waals surface area (Å²) in [6.07, 6.45) is 3.48. The van der Waals surface area contributed by atoms with Crippen LogP contribution in [0.1, 0.15) is 26.2 Å². The van der Waals surface area contributed by atoms with E-state index in [1.165, 1.54) is 12.8 Å². The Morgan fingerprint density at radius 1 is 1.33 bits per heavy atom. The molecule has 70 valence electrons. The predicted octanol–water partition coefficient (Wildman–Crippen LogP) is 2.15. The molecule has 1 spiro atoms. The van der Waals surface area contributed by atoms with Gasteiger partial charge < -0.3 is 9.47 Å². The average molecular weight is 282 g/mol. The summed E-state index contributed by atoms with van der Waals surface area (Å²) in [5.41, 5.74) is 0.216. The van der Waals surface area contributed by atoms with Crippen LogP contribution >= 0.6 is 22.6 Å². The van der Waals surface area contributed by atoms with Crippen LogP contribution in [-0.4, -0.2) is 28.8 Å². The van der Waals surface area contributed by atoms with E-state index in [0.717, 1.165) is 24.1 Å². The fourth-order valence-corrected chi connectivity index (χ4v) is 2.61. The smallest absolute Gasteiger partial charge is 0.0945 e. The van der Waals surface area contributed by atoms with Crippen molar-refractivity contribution in [3.63, 3.8) is 0 Å². The highest BCUT2D eigenvalue weighted by Crippen LogP contribution is 2.43. The molecule has 0 bridgehead atoms. The van der Waals surface area contributed by atoms with E-state index in [-0.39, 0.29) is 11.2 Å². The highest BCUT2D eigenvalue weighted by Gasteiger charge is 2.48. The maximum absolute atomic E-state index is 6.11. The highest BCUT2D eigenvalue weighted by molar-refractivity contribution is 14.1. The minimum Gasteiger partial charge on any atom is -0.378 e. The molecule has 2 aliphatic heterocycles. The number of hydrogen-bond acceptors (Lipinski definition) is 2. The lowest BCUT2D eigenvalue weighted by atomic mass is 9.97. The van der Waals surface area contributed by atoms with E-state index in [9.17, 15) is 0 Å². The van der Waals surface area contributed by atoms with Gasteiger partial charge in [0.2, 0.25) is 0 Å². The molecule has 2 heterocycles. The van der Waals surface area contributed by atoms with Crippen molar-refractivity contribution in [1.82, 2.24) is 0 Å². The van der Waals surface area contributed by atoms with Gasteiger partial charge in [-0.25, -0.2) is 0 Å². The van der Waals surface area contributed by atoms with Crippen LogP contribution < -0.4 is 0 Å². The zero-order valence-electron chi connectivity index (χ0n) is 7.44. The molecule has 0 radical (unpaired) electrons. The highest BCUT2D eigenvalue weighted by atomic mass is 127. The van der Waals surface area contributed by atoms with Crippen molar-refractivity contribution in [2.45, 2.75) is 37.4 Å². The van der Waals surface area contributed by atoms with Gasteiger partial charge in [-0.05, 0) is 19.8 Å². The minimum atomic E-state index is 0.0971. The van der Waals surface area contributed by atoms with Crippen LogP contribution in [0.5, 0.6) is 0 Å². The molecule has 0 aliphatic carbocycles. The van der Waals surface area contributed by atoms with Crippen molar-refractivity contribution in [2.24, 2.45) is 0 Å². The topological polar surface area (TPSA) is 18.5 Å². The van der Waals surface area contributed by atoms with E-state index in [1.807, 2.05) is 0 Å². The molecule has 0 N–H and O–H groups in total. The normalized spacial score (nSPS) is 47.5. The van der Waals surface area contributed by atoms with Crippen LogP contribution in [-0.2, 0) is 9.47 Å². The molecule has 0 aromatic heterocycles. The largest absolute Gasteiger partial charge is 0.378 e. The monoisotopic (exact) mass is 282 g/mol. The quantitative estimate of drug-likeness (QED) is 0.542. The van der Waals surface area contributed by atoms with Crippen LogP contribution in [0.2, 0.25) is 0 Å². The van der Waals surface area contributed by atoms with Crippen molar-refractivity contribution in [3.8, 4) is 0 Å². The molecule has 12 heavy (non-hydrogen) atoms. The molecule has 2 saturated heterocycles. The number of ether oxygens (including phenoxy) is 2. The summed E-state index contributed by atoms with van der Waals surface area (Å²) in [6, 6.07) is 0. The number of hydrogen-bond donors (Lipinski definition) is 0. The third kappa shape index (κ3) is 1.51. The Morgan fingerprint density at radius 3 is 2.67 bits per heavy atom. The number of rotatable bonds is 1. The molecule has 2 nitrogen and oxygen atoms in total. The van der Waals surface area contributed by atoms with Crippen molar-refractivity contribution in [1.29, 1.82) is 0 Å². The maximum atomic E-state index is 6.11. The van der Waals surface area contributed by atoms with Crippen LogP contribution in [0.15, 0.2) is 0 Å². The van der Waals surface area contributed by atoms with Gasteiger partial charge in [0.15, 0.2) is 0 Å². The van der Waals surface area contributed by atoms with Gasteiger partial charge in [-0.1, -0.05) is 22.6 Å². The lowest BCUT2D eigenvalue weighted by Gasteiger charge is -2.27. The Bertz CT molecular complexity index is 177. The Kier molecular flexibility index (Phi) is 2.38. The zero-order chi connectivity index (χ0) is 8.66. The third-order valence-corrected chi connectivity index (χ3v) is 4.54. The first-order valence-electron chi connectivity index (χ1n) is 4.52. The molecule has 0 amide bonds. The summed E-state index contributed by atoms with van der Waals surface area (Å²) in [5.74, 6) is 0. The second-order valence-electron chi connectivity index (χ2n) is 4.17. The molecule has 0 aromatic rings. The maximum Gasteiger partial charge on any atom is 0.0945 e. The van der Waals surface area contributed by atoms with Gasteiger partial charge in [0.05, 0.1) is 17.8 Å². The van der Waals surface area contributed by atoms with E-state index in [1.54, 1.807) is 0 Å². The Labute approximate surface area is 87.1 Å². The molecule has 2 unspecified atom stereocenters. The average Bonchev–Trinajstić information content (AvgIpc) is 2.63. The Hall–Kier alpha value is 0.650. The van der Waals surface area contributed by atoms with E-state index in [2.05, 4.69) is 29.5 Å². The van der Waals surface area contributed by atoms with Crippen LogP contribution in [0.25, 0.3) is 0 Å². The van der Waals surface area contributed by atoms with Crippen molar-refractivity contribution in [3.05, 3.63) is 0 Å². The predicted molar refractivity (Wildman–Crippen MR) is 55.8 cm³/mol. The summed E-state index contributed by atoms with van der Waals surface area (Å²) >= 11 is 2.41. The molecule has 2 rings (SSSR count). The Balaban J connectivity index is 2.05. The minimum absolute atomic E-state index is 0.0971. The van der Waals surface area contributed by atoms with Crippen molar-refractivity contribution in [2.75, 3.05) is 17.6 Å². The SMILES string of the molecule is CC1(CI)CCC2(CCOC2)O1. The summed E-state index contributed by atoms with van der Waals surface area (Å²) in [4.78, 5) is 0. The molecule has 0 saturated carbocycles. The van der Waals surface area contributed by atoms with Gasteiger partial charge in [-0.15, -0.1) is 0 Å². The van der Waals surface area contributed by atoms with Crippen molar-refractivity contribution < 1.29 is 9.47 Å². The zero-order valence-corrected chi connectivity index (χ0v) is 9.59. The second-order valence-corrected chi connectivity index (χ2v) is 4.93. The summed E-state index contributed by atoms with van der Waals surface area (Å²) in [6.45, 7) is 3.92. The lowest BCUT2D eigenvalue weighted by molar-refractivity contribution is -0.0824. The van der Waals surface area contributed by atoms with Gasteiger partial charge in [0.1, 0.15) is 0 Å². The first kappa shape index (κ1) is 9.21. The van der Waals surface area contributed by atoms with Gasteiger partial charge in [0, 0.05) is 17.5 Å². The van der Waals surface area contributed by atoms with Gasteiger partial charge in [-0.3, -0.25) is 0 Å². The first-order valence-corrected chi connectivity index (χ1v) is 6.05. The van der Waals surface area contributed by atoms with Crippen LogP contribution in [0, 0.1) is 0 Å². The summed E-state index contributed by atoms with van der Waals surface area (Å²) < 4.78 is 12.6. The number of halogens is 1.